The molecule has 0 unspecified atom stereocenters. The van der Waals surface area contributed by atoms with Crippen molar-refractivity contribution in [1.29, 1.82) is 0 Å². The molecule has 0 fully saturated rings. The zero-order valence-corrected chi connectivity index (χ0v) is 8.91. The lowest BCUT2D eigenvalue weighted by molar-refractivity contribution is 0.0562. The third kappa shape index (κ3) is 2.99. The highest BCUT2D eigenvalue weighted by molar-refractivity contribution is 5.95. The molecule has 3 N–H and O–H groups in total. The van der Waals surface area contributed by atoms with Gasteiger partial charge >= 0.3 is 0 Å². The first-order valence-electron chi connectivity index (χ1n) is 4.83. The Hall–Kier alpha value is -1.50. The molecule has 1 rings (SSSR count). The molecule has 1 heterocycles. The Bertz CT molecular complexity index is 353. The third-order valence-corrected chi connectivity index (χ3v) is 2.10. The van der Waals surface area contributed by atoms with Crippen LogP contribution in [0.3, 0.4) is 0 Å². The first-order valence-corrected chi connectivity index (χ1v) is 4.83. The molecule has 0 aliphatic rings. The number of nitrogens with two attached hydrogens (primary N) is 1. The smallest absolute Gasteiger partial charge is 0.257 e. The molecule has 0 atom stereocenters. The van der Waals surface area contributed by atoms with E-state index in [4.69, 9.17) is 5.73 Å². The van der Waals surface area contributed by atoms with Gasteiger partial charge in [-0.15, -0.1) is 0 Å². The molecular weight excluding hydrogens is 218 g/mol. The van der Waals surface area contributed by atoms with Crippen LogP contribution in [0.15, 0.2) is 6.20 Å². The number of amides is 1. The Morgan fingerprint density at radius 1 is 1.69 bits per heavy atom. The van der Waals surface area contributed by atoms with Gasteiger partial charge in [-0.1, -0.05) is 0 Å². The van der Waals surface area contributed by atoms with Crippen molar-refractivity contribution in [1.82, 2.24) is 15.1 Å². The van der Waals surface area contributed by atoms with Crippen LogP contribution in [0.5, 0.6) is 0 Å². The van der Waals surface area contributed by atoms with Crippen molar-refractivity contribution in [2.24, 2.45) is 5.73 Å². The molecule has 16 heavy (non-hydrogen) atoms. The summed E-state index contributed by atoms with van der Waals surface area (Å²) in [6.45, 7) is 1.30. The van der Waals surface area contributed by atoms with E-state index < -0.39 is 18.9 Å². The fraction of sp³-hybridized carbons (Fsp3) is 0.556. The number of alkyl halides is 2. The lowest BCUT2D eigenvalue weighted by Gasteiger charge is -2.21. The Morgan fingerprint density at radius 2 is 2.38 bits per heavy atom. The summed E-state index contributed by atoms with van der Waals surface area (Å²) in [4.78, 5) is 12.9. The summed E-state index contributed by atoms with van der Waals surface area (Å²) in [5.41, 5.74) is 6.13. The fourth-order valence-corrected chi connectivity index (χ4v) is 1.33. The summed E-state index contributed by atoms with van der Waals surface area (Å²) in [5, 5.41) is 6.26. The standard InChI is InChI=1S/C9H14F2N4O/c1-6-7(4-13-14-6)9(16)15(3-2-12)5-8(10)11/h4,8H,2-3,5,12H2,1H3,(H,13,14). The Kier molecular flexibility index (Phi) is 4.36. The van der Waals surface area contributed by atoms with Gasteiger partial charge in [0.2, 0.25) is 0 Å². The maximum absolute atomic E-state index is 12.3. The van der Waals surface area contributed by atoms with Gasteiger partial charge in [-0.3, -0.25) is 9.89 Å². The van der Waals surface area contributed by atoms with Crippen molar-refractivity contribution in [3.63, 3.8) is 0 Å². The van der Waals surface area contributed by atoms with Gasteiger partial charge in [0, 0.05) is 18.8 Å². The zero-order chi connectivity index (χ0) is 12.1. The molecule has 0 radical (unpaired) electrons. The van der Waals surface area contributed by atoms with Crippen LogP contribution in [0.25, 0.3) is 0 Å². The maximum atomic E-state index is 12.3. The molecule has 7 heteroatoms. The van der Waals surface area contributed by atoms with E-state index in [1.54, 1.807) is 6.92 Å². The second-order valence-corrected chi connectivity index (χ2v) is 3.34. The number of hydrogen-bond donors (Lipinski definition) is 2. The van der Waals surface area contributed by atoms with Crippen molar-refractivity contribution < 1.29 is 13.6 Å². The van der Waals surface area contributed by atoms with Crippen LogP contribution in [-0.4, -0.2) is 47.1 Å². The average Bonchev–Trinajstić information content (AvgIpc) is 2.62. The summed E-state index contributed by atoms with van der Waals surface area (Å²) in [7, 11) is 0. The van der Waals surface area contributed by atoms with Crippen LogP contribution in [-0.2, 0) is 0 Å². The number of aromatic nitrogens is 2. The number of nitrogens with zero attached hydrogens (tertiary/aromatic N) is 2. The number of nitrogens with one attached hydrogen (secondary N) is 1. The van der Waals surface area contributed by atoms with Crippen molar-refractivity contribution >= 4 is 5.91 Å². The largest absolute Gasteiger partial charge is 0.332 e. The number of rotatable bonds is 5. The SMILES string of the molecule is Cc1[nH]ncc1C(=O)N(CCN)CC(F)F. The second kappa shape index (κ2) is 5.55. The Balaban J connectivity index is 2.78. The number of aromatic amines is 1. The van der Waals surface area contributed by atoms with E-state index >= 15 is 0 Å². The molecule has 5 nitrogen and oxygen atoms in total. The highest BCUT2D eigenvalue weighted by Crippen LogP contribution is 2.09. The van der Waals surface area contributed by atoms with E-state index in [2.05, 4.69) is 10.2 Å². The molecule has 0 aliphatic heterocycles. The van der Waals surface area contributed by atoms with E-state index in [1.165, 1.54) is 6.20 Å². The number of H-pyrrole nitrogens is 1. The summed E-state index contributed by atoms with van der Waals surface area (Å²) in [5.74, 6) is -0.475. The van der Waals surface area contributed by atoms with Gasteiger partial charge in [0.15, 0.2) is 0 Å². The topological polar surface area (TPSA) is 75.0 Å². The first kappa shape index (κ1) is 12.6. The van der Waals surface area contributed by atoms with Gasteiger partial charge in [-0.05, 0) is 6.92 Å². The van der Waals surface area contributed by atoms with Crippen molar-refractivity contribution in [2.75, 3.05) is 19.6 Å². The van der Waals surface area contributed by atoms with E-state index in [1.807, 2.05) is 0 Å². The molecule has 0 spiro atoms. The highest BCUT2D eigenvalue weighted by atomic mass is 19.3. The summed E-state index contributed by atoms with van der Waals surface area (Å²) in [6, 6.07) is 0. The van der Waals surface area contributed by atoms with Gasteiger partial charge in [-0.25, -0.2) is 8.78 Å². The lowest BCUT2D eigenvalue weighted by atomic mass is 10.2. The van der Waals surface area contributed by atoms with Crippen LogP contribution < -0.4 is 5.73 Å². The summed E-state index contributed by atoms with van der Waals surface area (Å²) >= 11 is 0. The lowest BCUT2D eigenvalue weighted by Crippen LogP contribution is -2.38. The van der Waals surface area contributed by atoms with Crippen molar-refractivity contribution in [2.45, 2.75) is 13.3 Å². The number of hydrogen-bond acceptors (Lipinski definition) is 3. The minimum atomic E-state index is -2.57. The van der Waals surface area contributed by atoms with Crippen LogP contribution in [0.2, 0.25) is 0 Å². The molecule has 1 aromatic rings. The van der Waals surface area contributed by atoms with Crippen LogP contribution in [0.4, 0.5) is 8.78 Å². The minimum Gasteiger partial charge on any atom is -0.332 e. The quantitative estimate of drug-likeness (QED) is 0.770. The van der Waals surface area contributed by atoms with Gasteiger partial charge < -0.3 is 10.6 Å². The first-order chi connectivity index (χ1) is 7.56. The normalized spacial score (nSPS) is 10.8. The van der Waals surface area contributed by atoms with Crippen molar-refractivity contribution in [3.05, 3.63) is 17.5 Å². The van der Waals surface area contributed by atoms with Crippen LogP contribution >= 0.6 is 0 Å². The molecule has 0 saturated carbocycles. The average molecular weight is 232 g/mol. The van der Waals surface area contributed by atoms with Gasteiger partial charge in [0.25, 0.3) is 12.3 Å². The monoisotopic (exact) mass is 232 g/mol. The molecule has 90 valence electrons. The number of aryl methyl sites for hydroxylation is 1. The number of carbonyl (C=O) groups excluding carboxylic acids is 1. The zero-order valence-electron chi connectivity index (χ0n) is 8.91. The fourth-order valence-electron chi connectivity index (χ4n) is 1.33. The highest BCUT2D eigenvalue weighted by Gasteiger charge is 2.21. The van der Waals surface area contributed by atoms with E-state index in [-0.39, 0.29) is 13.1 Å². The van der Waals surface area contributed by atoms with Gasteiger partial charge in [0.05, 0.1) is 18.3 Å². The molecule has 0 bridgehead atoms. The van der Waals surface area contributed by atoms with E-state index in [0.29, 0.717) is 11.3 Å². The predicted octanol–water partition coefficient (Wildman–Crippen LogP) is 0.384. The van der Waals surface area contributed by atoms with Crippen LogP contribution in [0, 0.1) is 6.92 Å². The Labute approximate surface area is 91.6 Å². The third-order valence-electron chi connectivity index (χ3n) is 2.10. The Morgan fingerprint density at radius 3 is 2.81 bits per heavy atom. The molecule has 0 saturated heterocycles. The van der Waals surface area contributed by atoms with Crippen molar-refractivity contribution in [3.8, 4) is 0 Å². The van der Waals surface area contributed by atoms with Crippen LogP contribution in [0.1, 0.15) is 16.1 Å². The predicted molar refractivity (Wildman–Crippen MR) is 54.3 cm³/mol. The molecular formula is C9H14F2N4O. The molecule has 1 amide bonds. The molecule has 0 aliphatic carbocycles. The second-order valence-electron chi connectivity index (χ2n) is 3.34. The minimum absolute atomic E-state index is 0.105. The van der Waals surface area contributed by atoms with E-state index in [0.717, 1.165) is 4.90 Å². The van der Waals surface area contributed by atoms with Gasteiger partial charge in [0.1, 0.15) is 0 Å². The number of carbonyl (C=O) groups is 1. The molecule has 0 aromatic carbocycles. The summed E-state index contributed by atoms with van der Waals surface area (Å²) < 4.78 is 24.5. The maximum Gasteiger partial charge on any atom is 0.257 e. The van der Waals surface area contributed by atoms with Gasteiger partial charge in [-0.2, -0.15) is 5.10 Å². The summed E-state index contributed by atoms with van der Waals surface area (Å²) in [6.07, 6.45) is -1.24. The van der Waals surface area contributed by atoms with E-state index in [9.17, 15) is 13.6 Å². The molecule has 1 aromatic heterocycles. The number of halogens is 2.